The zero-order valence-electron chi connectivity index (χ0n) is 9.05. The Kier molecular flexibility index (Phi) is 2.79. The number of hydrogen-bond donors (Lipinski definition) is 1. The van der Waals surface area contributed by atoms with Crippen molar-refractivity contribution in [1.82, 2.24) is 5.32 Å². The first-order valence-electron chi connectivity index (χ1n) is 5.37. The van der Waals surface area contributed by atoms with Crippen LogP contribution < -0.4 is 5.32 Å². The summed E-state index contributed by atoms with van der Waals surface area (Å²) in [4.78, 5) is 0. The maximum Gasteiger partial charge on any atom is 0.117 e. The summed E-state index contributed by atoms with van der Waals surface area (Å²) < 4.78 is 5.45. The fourth-order valence-corrected chi connectivity index (χ4v) is 1.79. The predicted octanol–water partition coefficient (Wildman–Crippen LogP) is 2.37. The first kappa shape index (κ1) is 10.3. The quantitative estimate of drug-likeness (QED) is 0.801. The normalized spacial score (nSPS) is 17.3. The fourth-order valence-electron chi connectivity index (χ4n) is 1.79. The molecule has 0 aromatic carbocycles. The zero-order chi connectivity index (χ0) is 10.7. The lowest BCUT2D eigenvalue weighted by Gasteiger charge is -2.10. The fraction of sp³-hybridized carbons (Fsp3) is 0.583. The van der Waals surface area contributed by atoms with Gasteiger partial charge in [0.25, 0.3) is 0 Å². The molecule has 15 heavy (non-hydrogen) atoms. The summed E-state index contributed by atoms with van der Waals surface area (Å²) in [5, 5.41) is 12.0. The second kappa shape index (κ2) is 4.08. The van der Waals surface area contributed by atoms with Crippen LogP contribution in [0.4, 0.5) is 0 Å². The highest BCUT2D eigenvalue weighted by Crippen LogP contribution is 2.47. The van der Waals surface area contributed by atoms with E-state index in [1.54, 1.807) is 0 Å². The minimum Gasteiger partial charge on any atom is -0.465 e. The molecule has 1 heterocycles. The van der Waals surface area contributed by atoms with E-state index in [-0.39, 0.29) is 5.41 Å². The van der Waals surface area contributed by atoms with Gasteiger partial charge in [-0.15, -0.1) is 0 Å². The molecule has 1 aliphatic rings. The van der Waals surface area contributed by atoms with E-state index in [1.165, 1.54) is 12.8 Å². The van der Waals surface area contributed by atoms with Crippen LogP contribution in [0.5, 0.6) is 0 Å². The van der Waals surface area contributed by atoms with E-state index in [0.717, 1.165) is 24.6 Å². The molecule has 0 amide bonds. The number of aryl methyl sites for hydroxylation is 1. The van der Waals surface area contributed by atoms with E-state index in [1.807, 2.05) is 19.1 Å². The standard InChI is InChI=1S/C12H16N2O/c1-10-2-3-11(15-10)8-14-9-12(4-5-12)6-7-13/h2-3,14H,4-6,8-9H2,1H3. The van der Waals surface area contributed by atoms with Crippen molar-refractivity contribution >= 4 is 0 Å². The smallest absolute Gasteiger partial charge is 0.117 e. The maximum atomic E-state index is 8.67. The third-order valence-corrected chi connectivity index (χ3v) is 3.01. The van der Waals surface area contributed by atoms with Crippen molar-refractivity contribution < 1.29 is 4.42 Å². The lowest BCUT2D eigenvalue weighted by Crippen LogP contribution is -2.23. The monoisotopic (exact) mass is 204 g/mol. The Morgan fingerprint density at radius 3 is 2.87 bits per heavy atom. The molecule has 1 aromatic heterocycles. The van der Waals surface area contributed by atoms with E-state index >= 15 is 0 Å². The second-order valence-electron chi connectivity index (χ2n) is 4.45. The molecular weight excluding hydrogens is 188 g/mol. The van der Waals surface area contributed by atoms with Crippen LogP contribution in [0.25, 0.3) is 0 Å². The molecule has 3 nitrogen and oxygen atoms in total. The average molecular weight is 204 g/mol. The van der Waals surface area contributed by atoms with Crippen LogP contribution in [0.2, 0.25) is 0 Å². The SMILES string of the molecule is Cc1ccc(CNCC2(CC#N)CC2)o1. The Morgan fingerprint density at radius 2 is 2.33 bits per heavy atom. The van der Waals surface area contributed by atoms with Gasteiger partial charge in [-0.1, -0.05) is 0 Å². The Morgan fingerprint density at radius 1 is 1.53 bits per heavy atom. The van der Waals surface area contributed by atoms with Gasteiger partial charge in [0.1, 0.15) is 11.5 Å². The molecule has 0 unspecified atom stereocenters. The first-order valence-corrected chi connectivity index (χ1v) is 5.37. The van der Waals surface area contributed by atoms with Gasteiger partial charge in [0.15, 0.2) is 0 Å². The van der Waals surface area contributed by atoms with Crippen molar-refractivity contribution in [2.24, 2.45) is 5.41 Å². The van der Waals surface area contributed by atoms with Gasteiger partial charge >= 0.3 is 0 Å². The Balaban J connectivity index is 1.74. The minimum atomic E-state index is 0.274. The molecule has 0 radical (unpaired) electrons. The van der Waals surface area contributed by atoms with E-state index in [9.17, 15) is 0 Å². The average Bonchev–Trinajstić information content (AvgIpc) is 2.83. The minimum absolute atomic E-state index is 0.274. The van der Waals surface area contributed by atoms with Crippen molar-refractivity contribution in [2.75, 3.05) is 6.54 Å². The van der Waals surface area contributed by atoms with E-state index in [0.29, 0.717) is 6.42 Å². The number of nitriles is 1. The third-order valence-electron chi connectivity index (χ3n) is 3.01. The van der Waals surface area contributed by atoms with Gasteiger partial charge < -0.3 is 9.73 Å². The molecule has 0 spiro atoms. The molecule has 0 aliphatic heterocycles. The molecule has 2 rings (SSSR count). The summed E-state index contributed by atoms with van der Waals surface area (Å²) in [6.07, 6.45) is 3.05. The van der Waals surface area contributed by atoms with Gasteiger partial charge in [-0.25, -0.2) is 0 Å². The third kappa shape index (κ3) is 2.60. The molecule has 1 N–H and O–H groups in total. The second-order valence-corrected chi connectivity index (χ2v) is 4.45. The van der Waals surface area contributed by atoms with Gasteiger partial charge in [0.05, 0.1) is 12.6 Å². The highest BCUT2D eigenvalue weighted by atomic mass is 16.3. The van der Waals surface area contributed by atoms with Crippen LogP contribution >= 0.6 is 0 Å². The first-order chi connectivity index (χ1) is 7.24. The summed E-state index contributed by atoms with van der Waals surface area (Å²) in [6, 6.07) is 6.22. The molecule has 1 saturated carbocycles. The van der Waals surface area contributed by atoms with Crippen LogP contribution in [0.15, 0.2) is 16.5 Å². The highest BCUT2D eigenvalue weighted by molar-refractivity contribution is 5.06. The van der Waals surface area contributed by atoms with Crippen molar-refractivity contribution in [3.8, 4) is 6.07 Å². The number of hydrogen-bond acceptors (Lipinski definition) is 3. The van der Waals surface area contributed by atoms with Crippen molar-refractivity contribution in [3.63, 3.8) is 0 Å². The van der Waals surface area contributed by atoms with Crippen molar-refractivity contribution in [1.29, 1.82) is 5.26 Å². The molecule has 0 saturated heterocycles. The largest absolute Gasteiger partial charge is 0.465 e. The van der Waals surface area contributed by atoms with E-state index in [4.69, 9.17) is 9.68 Å². The van der Waals surface area contributed by atoms with Crippen molar-refractivity contribution in [2.45, 2.75) is 32.7 Å². The Hall–Kier alpha value is -1.27. The molecule has 1 aromatic rings. The summed E-state index contributed by atoms with van der Waals surface area (Å²) >= 11 is 0. The molecule has 3 heteroatoms. The molecule has 1 fully saturated rings. The van der Waals surface area contributed by atoms with Crippen LogP contribution in [0.1, 0.15) is 30.8 Å². The lowest BCUT2D eigenvalue weighted by atomic mass is 10.0. The van der Waals surface area contributed by atoms with E-state index < -0.39 is 0 Å². The van der Waals surface area contributed by atoms with Crippen LogP contribution in [0, 0.1) is 23.7 Å². The van der Waals surface area contributed by atoms with Gasteiger partial charge in [-0.05, 0) is 37.3 Å². The summed E-state index contributed by atoms with van der Waals surface area (Å²) in [6.45, 7) is 3.64. The van der Waals surface area contributed by atoms with Gasteiger partial charge in [-0.3, -0.25) is 0 Å². The van der Waals surface area contributed by atoms with Crippen molar-refractivity contribution in [3.05, 3.63) is 23.7 Å². The number of nitrogens with zero attached hydrogens (tertiary/aromatic N) is 1. The van der Waals surface area contributed by atoms with Crippen LogP contribution in [-0.4, -0.2) is 6.54 Å². The molecule has 80 valence electrons. The van der Waals surface area contributed by atoms with Crippen LogP contribution in [-0.2, 0) is 6.54 Å². The number of nitrogens with one attached hydrogen (secondary N) is 1. The molecule has 1 aliphatic carbocycles. The van der Waals surface area contributed by atoms with Crippen LogP contribution in [0.3, 0.4) is 0 Å². The number of furan rings is 1. The lowest BCUT2D eigenvalue weighted by molar-refractivity contribution is 0.422. The Labute approximate surface area is 90.1 Å². The van der Waals surface area contributed by atoms with Gasteiger partial charge in [0, 0.05) is 13.0 Å². The molecular formula is C12H16N2O. The summed E-state index contributed by atoms with van der Waals surface area (Å²) in [5.41, 5.74) is 0.274. The zero-order valence-corrected chi connectivity index (χ0v) is 9.05. The Bertz CT molecular complexity index is 371. The summed E-state index contributed by atoms with van der Waals surface area (Å²) in [5.74, 6) is 1.92. The topological polar surface area (TPSA) is 49.0 Å². The summed E-state index contributed by atoms with van der Waals surface area (Å²) in [7, 11) is 0. The molecule has 0 bridgehead atoms. The predicted molar refractivity (Wildman–Crippen MR) is 57.0 cm³/mol. The van der Waals surface area contributed by atoms with Gasteiger partial charge in [-0.2, -0.15) is 5.26 Å². The highest BCUT2D eigenvalue weighted by Gasteiger charge is 2.41. The van der Waals surface area contributed by atoms with E-state index in [2.05, 4.69) is 11.4 Å². The maximum absolute atomic E-state index is 8.67. The van der Waals surface area contributed by atoms with Gasteiger partial charge in [0.2, 0.25) is 0 Å². The molecule has 0 atom stereocenters. The number of rotatable bonds is 5.